The highest BCUT2D eigenvalue weighted by atomic mass is 16.5. The monoisotopic (exact) mass is 380 g/mol. The highest BCUT2D eigenvalue weighted by Gasteiger charge is 2.29. The fourth-order valence-corrected chi connectivity index (χ4v) is 3.63. The lowest BCUT2D eigenvalue weighted by Gasteiger charge is -2.38. The van der Waals surface area contributed by atoms with E-state index in [9.17, 15) is 4.79 Å². The number of nitrogens with one attached hydrogen (secondary N) is 2. The van der Waals surface area contributed by atoms with Crippen molar-refractivity contribution >= 4 is 11.9 Å². The number of piperidine rings is 1. The zero-order valence-electron chi connectivity index (χ0n) is 16.8. The maximum Gasteiger partial charge on any atom is 0.305 e. The fourth-order valence-electron chi connectivity index (χ4n) is 3.63. The maximum atomic E-state index is 11.3. The smallest absolute Gasteiger partial charge is 0.305 e. The standard InChI is InChI=1S/C22H28N4O2/c1-15-13-18(14-22(2,3)26-15)24-21-23-12-11-19(25-21)17-8-5-16(6-9-17)7-10-20(27)28-4/h5-6,8-9,11-12,18,26H,1,7,10,13-14H2,2-4H3,(H,23,24,25). The summed E-state index contributed by atoms with van der Waals surface area (Å²) in [6.07, 6.45) is 4.64. The summed E-state index contributed by atoms with van der Waals surface area (Å²) < 4.78 is 4.69. The molecule has 1 fully saturated rings. The summed E-state index contributed by atoms with van der Waals surface area (Å²) in [5.41, 5.74) is 4.01. The second kappa shape index (κ2) is 8.42. The molecule has 1 aromatic carbocycles. The van der Waals surface area contributed by atoms with Crippen LogP contribution in [0.1, 0.15) is 38.7 Å². The molecule has 6 heteroatoms. The van der Waals surface area contributed by atoms with Crippen LogP contribution >= 0.6 is 0 Å². The Morgan fingerprint density at radius 2 is 2.07 bits per heavy atom. The molecule has 3 rings (SSSR count). The van der Waals surface area contributed by atoms with Crippen molar-refractivity contribution in [2.45, 2.75) is 51.1 Å². The molecule has 1 atom stereocenters. The largest absolute Gasteiger partial charge is 0.469 e. The number of ether oxygens (including phenoxy) is 1. The number of carbonyl (C=O) groups excluding carboxylic acids is 1. The van der Waals surface area contributed by atoms with Gasteiger partial charge in [0.1, 0.15) is 0 Å². The van der Waals surface area contributed by atoms with E-state index in [2.05, 4.69) is 45.8 Å². The molecule has 0 aliphatic carbocycles. The SMILES string of the molecule is C=C1CC(Nc2nccc(-c3ccc(CCC(=O)OC)cc3)n2)CC(C)(C)N1. The van der Waals surface area contributed by atoms with E-state index in [4.69, 9.17) is 0 Å². The summed E-state index contributed by atoms with van der Waals surface area (Å²) in [4.78, 5) is 20.3. The van der Waals surface area contributed by atoms with E-state index in [1.807, 2.05) is 30.3 Å². The number of anilines is 1. The highest BCUT2D eigenvalue weighted by Crippen LogP contribution is 2.26. The van der Waals surface area contributed by atoms with E-state index >= 15 is 0 Å². The number of rotatable bonds is 6. The first-order valence-corrected chi connectivity index (χ1v) is 9.56. The Morgan fingerprint density at radius 3 is 2.75 bits per heavy atom. The van der Waals surface area contributed by atoms with Crippen molar-refractivity contribution in [3.63, 3.8) is 0 Å². The summed E-state index contributed by atoms with van der Waals surface area (Å²) in [5.74, 6) is 0.433. The number of nitrogens with zero attached hydrogens (tertiary/aromatic N) is 2. The summed E-state index contributed by atoms with van der Waals surface area (Å²) in [5, 5.41) is 6.88. The molecule has 0 radical (unpaired) electrons. The van der Waals surface area contributed by atoms with Gasteiger partial charge in [-0.3, -0.25) is 4.79 Å². The number of hydrogen-bond acceptors (Lipinski definition) is 6. The molecule has 1 aromatic heterocycles. The van der Waals surface area contributed by atoms with Gasteiger partial charge in [0.2, 0.25) is 5.95 Å². The third kappa shape index (κ3) is 5.31. The Kier molecular flexibility index (Phi) is 5.97. The molecule has 2 heterocycles. The van der Waals surface area contributed by atoms with Crippen LogP contribution in [0, 0.1) is 0 Å². The van der Waals surface area contributed by atoms with Gasteiger partial charge < -0.3 is 15.4 Å². The first-order chi connectivity index (χ1) is 13.3. The molecular formula is C22H28N4O2. The van der Waals surface area contributed by atoms with Gasteiger partial charge in [0.25, 0.3) is 0 Å². The van der Waals surface area contributed by atoms with E-state index in [-0.39, 0.29) is 17.6 Å². The van der Waals surface area contributed by atoms with Crippen molar-refractivity contribution in [2.24, 2.45) is 0 Å². The lowest BCUT2D eigenvalue weighted by atomic mass is 9.88. The van der Waals surface area contributed by atoms with Gasteiger partial charge >= 0.3 is 5.97 Å². The summed E-state index contributed by atoms with van der Waals surface area (Å²) in [7, 11) is 1.41. The van der Waals surface area contributed by atoms with Crippen LogP contribution < -0.4 is 10.6 Å². The minimum atomic E-state index is -0.195. The van der Waals surface area contributed by atoms with Crippen molar-refractivity contribution in [1.82, 2.24) is 15.3 Å². The van der Waals surface area contributed by atoms with E-state index in [1.54, 1.807) is 6.20 Å². The topological polar surface area (TPSA) is 76.1 Å². The summed E-state index contributed by atoms with van der Waals surface area (Å²) >= 11 is 0. The quantitative estimate of drug-likeness (QED) is 0.744. The molecule has 1 aliphatic heterocycles. The van der Waals surface area contributed by atoms with E-state index in [0.717, 1.165) is 35.4 Å². The number of aromatic nitrogens is 2. The molecule has 148 valence electrons. The Hall–Kier alpha value is -2.89. The minimum absolute atomic E-state index is 0.00460. The number of carbonyl (C=O) groups is 1. The molecule has 0 saturated carbocycles. The van der Waals surface area contributed by atoms with Gasteiger partial charge in [-0.05, 0) is 38.3 Å². The van der Waals surface area contributed by atoms with Gasteiger partial charge in [0.15, 0.2) is 0 Å². The molecular weight excluding hydrogens is 352 g/mol. The van der Waals surface area contributed by atoms with Gasteiger partial charge in [-0.1, -0.05) is 30.8 Å². The van der Waals surface area contributed by atoms with Gasteiger partial charge in [0, 0.05) is 41.9 Å². The molecule has 2 aromatic rings. The average Bonchev–Trinajstić information content (AvgIpc) is 2.65. The van der Waals surface area contributed by atoms with Crippen LogP contribution in [0.3, 0.4) is 0 Å². The molecule has 0 bridgehead atoms. The lowest BCUT2D eigenvalue weighted by molar-refractivity contribution is -0.140. The zero-order valence-corrected chi connectivity index (χ0v) is 16.8. The van der Waals surface area contributed by atoms with Crippen LogP contribution in [0.2, 0.25) is 0 Å². The maximum absolute atomic E-state index is 11.3. The Bertz CT molecular complexity index is 846. The molecule has 6 nitrogen and oxygen atoms in total. The van der Waals surface area contributed by atoms with Crippen LogP contribution in [0.25, 0.3) is 11.3 Å². The Morgan fingerprint density at radius 1 is 1.32 bits per heavy atom. The summed E-state index contributed by atoms with van der Waals surface area (Å²) in [6, 6.07) is 10.2. The second-order valence-electron chi connectivity index (χ2n) is 7.90. The molecule has 1 saturated heterocycles. The second-order valence-corrected chi connectivity index (χ2v) is 7.90. The Labute approximate surface area is 166 Å². The molecule has 0 spiro atoms. The highest BCUT2D eigenvalue weighted by molar-refractivity contribution is 5.69. The van der Waals surface area contributed by atoms with Gasteiger partial charge in [-0.15, -0.1) is 0 Å². The van der Waals surface area contributed by atoms with Crippen LogP contribution in [-0.2, 0) is 16.0 Å². The predicted molar refractivity (Wildman–Crippen MR) is 111 cm³/mol. The van der Waals surface area contributed by atoms with Crippen molar-refractivity contribution in [2.75, 3.05) is 12.4 Å². The zero-order chi connectivity index (χ0) is 20.1. The number of benzene rings is 1. The van der Waals surface area contributed by atoms with Crippen molar-refractivity contribution < 1.29 is 9.53 Å². The van der Waals surface area contributed by atoms with Crippen molar-refractivity contribution in [1.29, 1.82) is 0 Å². The van der Waals surface area contributed by atoms with Crippen LogP contribution in [0.15, 0.2) is 48.8 Å². The minimum Gasteiger partial charge on any atom is -0.469 e. The number of hydrogen-bond donors (Lipinski definition) is 2. The third-order valence-electron chi connectivity index (χ3n) is 4.85. The number of aryl methyl sites for hydroxylation is 1. The van der Waals surface area contributed by atoms with E-state index in [1.165, 1.54) is 7.11 Å². The molecule has 0 amide bonds. The lowest BCUT2D eigenvalue weighted by Crippen LogP contribution is -2.48. The third-order valence-corrected chi connectivity index (χ3v) is 4.85. The first-order valence-electron chi connectivity index (χ1n) is 9.56. The predicted octanol–water partition coefficient (Wildman–Crippen LogP) is 3.71. The van der Waals surface area contributed by atoms with Crippen LogP contribution in [0.5, 0.6) is 0 Å². The molecule has 2 N–H and O–H groups in total. The number of methoxy groups -OCH3 is 1. The number of esters is 1. The molecule has 28 heavy (non-hydrogen) atoms. The van der Waals surface area contributed by atoms with Gasteiger partial charge in [-0.25, -0.2) is 9.97 Å². The van der Waals surface area contributed by atoms with E-state index < -0.39 is 0 Å². The van der Waals surface area contributed by atoms with Gasteiger partial charge in [-0.2, -0.15) is 0 Å². The van der Waals surface area contributed by atoms with Crippen LogP contribution in [0.4, 0.5) is 5.95 Å². The van der Waals surface area contributed by atoms with Gasteiger partial charge in [0.05, 0.1) is 12.8 Å². The molecule has 1 unspecified atom stereocenters. The van der Waals surface area contributed by atoms with Crippen molar-refractivity contribution in [3.8, 4) is 11.3 Å². The molecule has 1 aliphatic rings. The summed E-state index contributed by atoms with van der Waals surface area (Å²) in [6.45, 7) is 8.43. The van der Waals surface area contributed by atoms with E-state index in [0.29, 0.717) is 18.8 Å². The van der Waals surface area contributed by atoms with Crippen LogP contribution in [-0.4, -0.2) is 34.6 Å². The van der Waals surface area contributed by atoms with Crippen molar-refractivity contribution in [3.05, 3.63) is 54.4 Å². The first kappa shape index (κ1) is 19.9. The fraction of sp³-hybridized carbons (Fsp3) is 0.409. The average molecular weight is 380 g/mol. The normalized spacial score (nSPS) is 18.2. The Balaban J connectivity index is 1.67.